The molecule has 0 radical (unpaired) electrons. The third kappa shape index (κ3) is 4.62. The van der Waals surface area contributed by atoms with Crippen molar-refractivity contribution in [2.75, 3.05) is 13.1 Å². The molecule has 1 aromatic carbocycles. The normalized spacial score (nSPS) is 20.2. The minimum Gasteiger partial charge on any atom is -0.313 e. The first-order chi connectivity index (χ1) is 10.4. The summed E-state index contributed by atoms with van der Waals surface area (Å²) in [6.07, 6.45) is 2.00. The van der Waals surface area contributed by atoms with Crippen molar-refractivity contribution in [3.8, 4) is 11.3 Å². The number of aromatic nitrogens is 3. The maximum absolute atomic E-state index is 14.3. The van der Waals surface area contributed by atoms with E-state index in [1.807, 2.05) is 0 Å². The molecule has 1 atom stereocenters. The van der Waals surface area contributed by atoms with Gasteiger partial charge in [0.1, 0.15) is 11.4 Å². The van der Waals surface area contributed by atoms with Crippen LogP contribution in [0.3, 0.4) is 0 Å². The summed E-state index contributed by atoms with van der Waals surface area (Å²) in [5, 5.41) is 10.8. The average molecular weight is 401 g/mol. The summed E-state index contributed by atoms with van der Waals surface area (Å²) in [7, 11) is -4.72. The number of rotatable bonds is 4. The monoisotopic (exact) mass is 400 g/mol. The minimum absolute atomic E-state index is 0. The van der Waals surface area contributed by atoms with Crippen molar-refractivity contribution in [3.63, 3.8) is 0 Å². The SMILES string of the molecule is Cl.Cl.O=S(=O)(F)c1ccc(-c2cn(CC3(F)CCNC3)nn2)cc1. The van der Waals surface area contributed by atoms with Crippen LogP contribution in [0.15, 0.2) is 35.4 Å². The summed E-state index contributed by atoms with van der Waals surface area (Å²) in [6, 6.07) is 5.18. The van der Waals surface area contributed by atoms with Gasteiger partial charge in [0, 0.05) is 12.1 Å². The van der Waals surface area contributed by atoms with E-state index >= 15 is 0 Å². The molecule has 2 aromatic rings. The van der Waals surface area contributed by atoms with Crippen LogP contribution in [-0.4, -0.2) is 42.2 Å². The van der Waals surface area contributed by atoms with Gasteiger partial charge in [-0.3, -0.25) is 0 Å². The Balaban J connectivity index is 0.00000144. The number of alkyl halides is 1. The lowest BCUT2D eigenvalue weighted by atomic mass is 10.1. The van der Waals surface area contributed by atoms with E-state index in [1.165, 1.54) is 16.8 Å². The lowest BCUT2D eigenvalue weighted by molar-refractivity contribution is 0.154. The second-order valence-electron chi connectivity index (χ2n) is 5.34. The van der Waals surface area contributed by atoms with Gasteiger partial charge >= 0.3 is 10.2 Å². The van der Waals surface area contributed by atoms with Crippen LogP contribution in [0.5, 0.6) is 0 Å². The fourth-order valence-electron chi connectivity index (χ4n) is 2.43. The highest BCUT2D eigenvalue weighted by Crippen LogP contribution is 2.24. The van der Waals surface area contributed by atoms with Crippen molar-refractivity contribution in [3.05, 3.63) is 30.5 Å². The molecule has 1 aliphatic heterocycles. The number of hydrogen-bond acceptors (Lipinski definition) is 5. The highest BCUT2D eigenvalue weighted by Gasteiger charge is 2.34. The third-order valence-electron chi connectivity index (χ3n) is 3.61. The van der Waals surface area contributed by atoms with Crippen LogP contribution >= 0.6 is 24.8 Å². The molecular formula is C13H16Cl2F2N4O2S. The lowest BCUT2D eigenvalue weighted by Crippen LogP contribution is -2.31. The molecule has 0 aliphatic carbocycles. The molecule has 24 heavy (non-hydrogen) atoms. The summed E-state index contributed by atoms with van der Waals surface area (Å²) >= 11 is 0. The first kappa shape index (κ1) is 20.8. The molecule has 1 saturated heterocycles. The molecule has 1 fully saturated rings. The minimum atomic E-state index is -4.72. The first-order valence-corrected chi connectivity index (χ1v) is 8.09. The Bertz CT molecular complexity index is 778. The second kappa shape index (κ2) is 7.73. The van der Waals surface area contributed by atoms with Crippen molar-refractivity contribution >= 4 is 35.0 Å². The van der Waals surface area contributed by atoms with Gasteiger partial charge in [-0.2, -0.15) is 8.42 Å². The van der Waals surface area contributed by atoms with Gasteiger partial charge in [0.05, 0.1) is 17.6 Å². The molecule has 1 aromatic heterocycles. The zero-order valence-corrected chi connectivity index (χ0v) is 14.8. The Labute approximate surface area is 150 Å². The topological polar surface area (TPSA) is 76.9 Å². The standard InChI is InChI=1S/C13H14F2N4O2S.2ClH/c14-13(5-6-16-8-13)9-19-7-12(17-18-19)10-1-3-11(4-2-10)22(15,20)21;;/h1-4,7,16H,5-6,8-9H2;2*1H. The smallest absolute Gasteiger partial charge is 0.313 e. The molecule has 6 nitrogen and oxygen atoms in total. The zero-order valence-electron chi connectivity index (χ0n) is 12.4. The van der Waals surface area contributed by atoms with Crippen LogP contribution in [0, 0.1) is 0 Å². The van der Waals surface area contributed by atoms with Crippen molar-refractivity contribution in [2.24, 2.45) is 0 Å². The Morgan fingerprint density at radius 1 is 1.25 bits per heavy atom. The van der Waals surface area contributed by atoms with Crippen molar-refractivity contribution in [1.82, 2.24) is 20.3 Å². The maximum Gasteiger partial charge on any atom is 0.332 e. The van der Waals surface area contributed by atoms with Crippen molar-refractivity contribution in [2.45, 2.75) is 23.5 Å². The molecule has 0 amide bonds. The number of halogens is 4. The Morgan fingerprint density at radius 3 is 2.46 bits per heavy atom. The van der Waals surface area contributed by atoms with Crippen LogP contribution < -0.4 is 5.32 Å². The van der Waals surface area contributed by atoms with E-state index in [4.69, 9.17) is 0 Å². The van der Waals surface area contributed by atoms with E-state index in [0.717, 1.165) is 12.1 Å². The summed E-state index contributed by atoms with van der Waals surface area (Å²) in [5.74, 6) is 0. The average Bonchev–Trinajstić information content (AvgIpc) is 3.08. The van der Waals surface area contributed by atoms with E-state index in [-0.39, 0.29) is 37.9 Å². The van der Waals surface area contributed by atoms with Crippen LogP contribution in [-0.2, 0) is 16.8 Å². The molecule has 0 saturated carbocycles. The summed E-state index contributed by atoms with van der Waals surface area (Å²) in [5.41, 5.74) is -0.287. The Hall–Kier alpha value is -1.29. The molecule has 1 aliphatic rings. The predicted octanol–water partition coefficient (Wildman–Crippen LogP) is 2.15. The van der Waals surface area contributed by atoms with E-state index in [1.54, 1.807) is 6.20 Å². The van der Waals surface area contributed by atoms with Crippen LogP contribution in [0.2, 0.25) is 0 Å². The van der Waals surface area contributed by atoms with Gasteiger partial charge in [-0.15, -0.1) is 33.8 Å². The van der Waals surface area contributed by atoms with Gasteiger partial charge < -0.3 is 5.32 Å². The van der Waals surface area contributed by atoms with E-state index < -0.39 is 20.8 Å². The summed E-state index contributed by atoms with van der Waals surface area (Å²) in [4.78, 5) is -0.414. The molecule has 1 N–H and O–H groups in total. The van der Waals surface area contributed by atoms with Gasteiger partial charge in [0.15, 0.2) is 0 Å². The maximum atomic E-state index is 14.3. The zero-order chi connectivity index (χ0) is 15.8. The van der Waals surface area contributed by atoms with Gasteiger partial charge in [-0.05, 0) is 25.1 Å². The number of hydrogen-bond donors (Lipinski definition) is 1. The van der Waals surface area contributed by atoms with Crippen LogP contribution in [0.1, 0.15) is 6.42 Å². The fourth-order valence-corrected chi connectivity index (χ4v) is 2.90. The van der Waals surface area contributed by atoms with Gasteiger partial charge in [-0.1, -0.05) is 17.3 Å². The quantitative estimate of drug-likeness (QED) is 0.795. The lowest BCUT2D eigenvalue weighted by Gasteiger charge is -2.16. The van der Waals surface area contributed by atoms with Gasteiger partial charge in [0.2, 0.25) is 0 Å². The predicted molar refractivity (Wildman–Crippen MR) is 89.6 cm³/mol. The highest BCUT2D eigenvalue weighted by atomic mass is 35.5. The molecule has 134 valence electrons. The van der Waals surface area contributed by atoms with Crippen LogP contribution in [0.4, 0.5) is 8.28 Å². The largest absolute Gasteiger partial charge is 0.332 e. The number of nitrogens with one attached hydrogen (secondary N) is 1. The summed E-state index contributed by atoms with van der Waals surface area (Å²) < 4.78 is 50.1. The van der Waals surface area contributed by atoms with E-state index in [0.29, 0.717) is 24.2 Å². The molecule has 0 spiro atoms. The molecule has 1 unspecified atom stereocenters. The summed E-state index contributed by atoms with van der Waals surface area (Å²) in [6.45, 7) is 1.02. The van der Waals surface area contributed by atoms with Gasteiger partial charge in [-0.25, -0.2) is 9.07 Å². The van der Waals surface area contributed by atoms with Crippen molar-refractivity contribution in [1.29, 1.82) is 0 Å². The molecule has 2 heterocycles. The highest BCUT2D eigenvalue weighted by molar-refractivity contribution is 7.86. The Morgan fingerprint density at radius 2 is 1.92 bits per heavy atom. The molecule has 11 heteroatoms. The van der Waals surface area contributed by atoms with E-state index in [2.05, 4.69) is 15.6 Å². The number of nitrogens with zero attached hydrogens (tertiary/aromatic N) is 3. The van der Waals surface area contributed by atoms with Crippen molar-refractivity contribution < 1.29 is 16.7 Å². The molecule has 3 rings (SSSR count). The second-order valence-corrected chi connectivity index (χ2v) is 6.69. The first-order valence-electron chi connectivity index (χ1n) is 6.71. The van der Waals surface area contributed by atoms with Gasteiger partial charge in [0.25, 0.3) is 0 Å². The fraction of sp³-hybridized carbons (Fsp3) is 0.385. The number of benzene rings is 1. The molecular weight excluding hydrogens is 385 g/mol. The third-order valence-corrected chi connectivity index (χ3v) is 4.44. The molecule has 0 bridgehead atoms. The van der Waals surface area contributed by atoms with Crippen LogP contribution in [0.25, 0.3) is 11.3 Å². The van der Waals surface area contributed by atoms with E-state index in [9.17, 15) is 16.7 Å². The Kier molecular flexibility index (Phi) is 6.68.